The first-order valence-electron chi connectivity index (χ1n) is 9.02. The van der Waals surface area contributed by atoms with Crippen molar-refractivity contribution in [2.45, 2.75) is 45.3 Å². The summed E-state index contributed by atoms with van der Waals surface area (Å²) in [6, 6.07) is 3.44. The number of anilines is 1. The summed E-state index contributed by atoms with van der Waals surface area (Å²) < 4.78 is 14.1. The Hall–Kier alpha value is -2.39. The van der Waals surface area contributed by atoms with Crippen molar-refractivity contribution in [3.8, 4) is 0 Å². The minimum atomic E-state index is -0.553. The molecule has 2 saturated heterocycles. The fraction of sp³-hybridized carbons (Fsp3) is 0.500. The van der Waals surface area contributed by atoms with E-state index in [0.717, 1.165) is 16.4 Å². The highest BCUT2D eigenvalue weighted by Gasteiger charge is 2.52. The summed E-state index contributed by atoms with van der Waals surface area (Å²) in [6.07, 6.45) is 1.98. The van der Waals surface area contributed by atoms with Gasteiger partial charge >= 0.3 is 13.1 Å². The van der Waals surface area contributed by atoms with Crippen molar-refractivity contribution in [1.29, 1.82) is 0 Å². The number of hydrogen-bond acceptors (Lipinski definition) is 5. The van der Waals surface area contributed by atoms with Gasteiger partial charge in [-0.15, -0.1) is 0 Å². The molecule has 2 fully saturated rings. The zero-order valence-electron chi connectivity index (χ0n) is 16.2. The number of hydrogen-bond donors (Lipinski definition) is 1. The molecule has 2 aliphatic heterocycles. The fourth-order valence-electron chi connectivity index (χ4n) is 3.38. The number of carbonyl (C=O) groups is 2. The minimum absolute atomic E-state index is 0.258. The topological polar surface area (TPSA) is 85.7 Å². The van der Waals surface area contributed by atoms with Crippen LogP contribution in [0.4, 0.5) is 10.5 Å². The van der Waals surface area contributed by atoms with Gasteiger partial charge in [0.1, 0.15) is 0 Å². The van der Waals surface area contributed by atoms with Crippen molar-refractivity contribution in [2.75, 3.05) is 11.4 Å². The molecule has 142 valence electrons. The van der Waals surface area contributed by atoms with Gasteiger partial charge in [-0.25, -0.2) is 4.79 Å². The second-order valence-corrected chi connectivity index (χ2v) is 8.08. The van der Waals surface area contributed by atoms with Gasteiger partial charge in [0.2, 0.25) is 5.91 Å². The molecule has 2 aromatic rings. The van der Waals surface area contributed by atoms with E-state index in [1.807, 2.05) is 46.9 Å². The molecular formula is C18H23BN4O4. The van der Waals surface area contributed by atoms with Gasteiger partial charge in [-0.1, -0.05) is 0 Å². The largest absolute Gasteiger partial charge is 0.494 e. The lowest BCUT2D eigenvalue weighted by atomic mass is 9.78. The third-order valence-electron chi connectivity index (χ3n) is 5.74. The average molecular weight is 370 g/mol. The Balaban J connectivity index is 1.81. The average Bonchev–Trinajstić information content (AvgIpc) is 3.04. The number of benzene rings is 1. The molecule has 0 saturated carbocycles. The predicted molar refractivity (Wildman–Crippen MR) is 102 cm³/mol. The molecule has 27 heavy (non-hydrogen) atoms. The summed E-state index contributed by atoms with van der Waals surface area (Å²) in [5.74, 6) is -0.263. The standard InChI is InChI=1S/C18H23BN4O4/c1-17(2)18(3,4)27-19(26-17)11-8-13-12(10-20-22(13)5)14(9-11)23-7-6-15(24)21-16(23)25/h8-10H,6-7H2,1-5H3,(H,21,24,25). The van der Waals surface area contributed by atoms with Gasteiger partial charge in [0.15, 0.2) is 0 Å². The second kappa shape index (κ2) is 5.80. The highest BCUT2D eigenvalue weighted by Crippen LogP contribution is 2.37. The molecule has 0 spiro atoms. The number of aromatic nitrogens is 2. The summed E-state index contributed by atoms with van der Waals surface area (Å²) in [5, 5.41) is 7.53. The zero-order valence-corrected chi connectivity index (χ0v) is 16.2. The SMILES string of the molecule is Cn1ncc2c(N3CCC(=O)NC3=O)cc(B3OC(C)(C)C(C)(C)O3)cc21. The van der Waals surface area contributed by atoms with E-state index in [9.17, 15) is 9.59 Å². The van der Waals surface area contributed by atoms with E-state index in [4.69, 9.17) is 9.31 Å². The third-order valence-corrected chi connectivity index (χ3v) is 5.74. The zero-order chi connectivity index (χ0) is 19.6. The number of fused-ring (bicyclic) bond motifs is 1. The van der Waals surface area contributed by atoms with E-state index in [1.54, 1.807) is 15.8 Å². The van der Waals surface area contributed by atoms with Crippen molar-refractivity contribution in [3.63, 3.8) is 0 Å². The Kier molecular flexibility index (Phi) is 3.87. The lowest BCUT2D eigenvalue weighted by molar-refractivity contribution is -0.120. The van der Waals surface area contributed by atoms with Crippen molar-refractivity contribution >= 4 is 41.1 Å². The molecule has 1 aromatic heterocycles. The van der Waals surface area contributed by atoms with E-state index in [0.29, 0.717) is 12.2 Å². The molecular weight excluding hydrogens is 347 g/mol. The maximum absolute atomic E-state index is 12.4. The molecule has 0 atom stereocenters. The minimum Gasteiger partial charge on any atom is -0.399 e. The highest BCUT2D eigenvalue weighted by atomic mass is 16.7. The van der Waals surface area contributed by atoms with Crippen LogP contribution >= 0.6 is 0 Å². The van der Waals surface area contributed by atoms with Crippen LogP contribution in [0.25, 0.3) is 10.9 Å². The maximum Gasteiger partial charge on any atom is 0.494 e. The third kappa shape index (κ3) is 2.81. The first-order chi connectivity index (χ1) is 12.6. The summed E-state index contributed by atoms with van der Waals surface area (Å²) >= 11 is 0. The number of rotatable bonds is 2. The number of aryl methyl sites for hydroxylation is 1. The van der Waals surface area contributed by atoms with Crippen molar-refractivity contribution < 1.29 is 18.9 Å². The van der Waals surface area contributed by atoms with Crippen LogP contribution in [0.3, 0.4) is 0 Å². The molecule has 9 heteroatoms. The Morgan fingerprint density at radius 2 is 1.81 bits per heavy atom. The number of nitrogens with one attached hydrogen (secondary N) is 1. The molecule has 0 aliphatic carbocycles. The second-order valence-electron chi connectivity index (χ2n) is 8.08. The summed E-state index contributed by atoms with van der Waals surface area (Å²) in [7, 11) is 1.29. The van der Waals surface area contributed by atoms with Crippen LogP contribution in [0.1, 0.15) is 34.1 Å². The van der Waals surface area contributed by atoms with Gasteiger partial charge in [-0.05, 0) is 45.3 Å². The molecule has 2 aliphatic rings. The molecule has 0 bridgehead atoms. The van der Waals surface area contributed by atoms with E-state index < -0.39 is 24.4 Å². The van der Waals surface area contributed by atoms with Crippen LogP contribution in [0.2, 0.25) is 0 Å². The van der Waals surface area contributed by atoms with Gasteiger partial charge in [0.25, 0.3) is 0 Å². The van der Waals surface area contributed by atoms with Crippen LogP contribution in [-0.2, 0) is 21.2 Å². The van der Waals surface area contributed by atoms with Crippen molar-refractivity contribution in [1.82, 2.24) is 15.1 Å². The lowest BCUT2D eigenvalue weighted by Crippen LogP contribution is -2.50. The Morgan fingerprint density at radius 3 is 2.44 bits per heavy atom. The van der Waals surface area contributed by atoms with E-state index in [-0.39, 0.29) is 12.3 Å². The maximum atomic E-state index is 12.4. The number of urea groups is 1. The quantitative estimate of drug-likeness (QED) is 0.806. The molecule has 0 radical (unpaired) electrons. The number of amides is 3. The van der Waals surface area contributed by atoms with Gasteiger partial charge in [-0.3, -0.25) is 19.7 Å². The van der Waals surface area contributed by atoms with Crippen LogP contribution in [0.15, 0.2) is 18.3 Å². The van der Waals surface area contributed by atoms with Crippen LogP contribution in [0, 0.1) is 0 Å². The number of nitrogens with zero attached hydrogens (tertiary/aromatic N) is 3. The van der Waals surface area contributed by atoms with Gasteiger partial charge < -0.3 is 9.31 Å². The van der Waals surface area contributed by atoms with Crippen LogP contribution < -0.4 is 15.7 Å². The molecule has 0 unspecified atom stereocenters. The van der Waals surface area contributed by atoms with Crippen molar-refractivity contribution in [3.05, 3.63) is 18.3 Å². The number of imide groups is 1. The van der Waals surface area contributed by atoms with Gasteiger partial charge in [0, 0.05) is 25.4 Å². The molecule has 1 aromatic carbocycles. The Morgan fingerprint density at radius 1 is 1.15 bits per heavy atom. The molecule has 8 nitrogen and oxygen atoms in total. The van der Waals surface area contributed by atoms with E-state index in [1.165, 1.54) is 0 Å². The van der Waals surface area contributed by atoms with Gasteiger partial charge in [-0.2, -0.15) is 5.10 Å². The fourth-order valence-corrected chi connectivity index (χ4v) is 3.38. The Labute approximate surface area is 157 Å². The van der Waals surface area contributed by atoms with Crippen LogP contribution in [-0.4, -0.2) is 46.6 Å². The summed E-state index contributed by atoms with van der Waals surface area (Å²) in [4.78, 5) is 25.5. The summed E-state index contributed by atoms with van der Waals surface area (Å²) in [5.41, 5.74) is 1.43. The predicted octanol–water partition coefficient (Wildman–Crippen LogP) is 1.32. The Bertz CT molecular complexity index is 936. The highest BCUT2D eigenvalue weighted by molar-refractivity contribution is 6.62. The van der Waals surface area contributed by atoms with E-state index >= 15 is 0 Å². The molecule has 3 amide bonds. The van der Waals surface area contributed by atoms with E-state index in [2.05, 4.69) is 10.4 Å². The van der Waals surface area contributed by atoms with Crippen LogP contribution in [0.5, 0.6) is 0 Å². The normalized spacial score (nSPS) is 21.8. The first-order valence-corrected chi connectivity index (χ1v) is 9.02. The summed E-state index contributed by atoms with van der Waals surface area (Å²) in [6.45, 7) is 8.32. The molecule has 3 heterocycles. The molecule has 1 N–H and O–H groups in total. The van der Waals surface area contributed by atoms with Crippen molar-refractivity contribution in [2.24, 2.45) is 7.05 Å². The number of carbonyl (C=O) groups excluding carboxylic acids is 2. The first kappa shape index (κ1) is 18.0. The van der Waals surface area contributed by atoms with Gasteiger partial charge in [0.05, 0.1) is 28.6 Å². The monoisotopic (exact) mass is 370 g/mol. The molecule has 4 rings (SSSR count). The lowest BCUT2D eigenvalue weighted by Gasteiger charge is -2.32. The smallest absolute Gasteiger partial charge is 0.399 e.